The molecular weight excluding hydrogens is 71.0 g/mol. The lowest BCUT2D eigenvalue weighted by molar-refractivity contribution is 0.282. The minimum Gasteiger partial charge on any atom is -0.487 e. The van der Waals surface area contributed by atoms with Crippen LogP contribution < -0.4 is 0 Å². The molecule has 0 saturated heterocycles. The van der Waals surface area contributed by atoms with E-state index in [2.05, 4.69) is 0 Å². The molecule has 2 heteroatoms. The Balaban J connectivity index is 3.14. The molecule has 1 N–H and O–H groups in total. The first kappa shape index (κ1) is 4.47. The van der Waals surface area contributed by atoms with Crippen molar-refractivity contribution in [2.75, 3.05) is 0 Å². The van der Waals surface area contributed by atoms with Gasteiger partial charge in [-0.05, 0) is 13.0 Å². The highest BCUT2D eigenvalue weighted by Gasteiger charge is 1.70. The second-order valence-corrected chi connectivity index (χ2v) is 0.611. The number of hydrogen-bond donors (Lipinski definition) is 1. The first-order valence-corrected chi connectivity index (χ1v) is 1.28. The highest BCUT2D eigenvalue weighted by Crippen LogP contribution is 1.82. The zero-order chi connectivity index (χ0) is 4.28. The summed E-state index contributed by atoms with van der Waals surface area (Å²) in [5.74, 6) is 0. The summed E-state index contributed by atoms with van der Waals surface area (Å²) in [5.41, 5.74) is 0. The SMILES string of the molecule is CC=C(O)F. The van der Waals surface area contributed by atoms with E-state index in [1.165, 1.54) is 6.92 Å². The summed E-state index contributed by atoms with van der Waals surface area (Å²) >= 11 is 0. The van der Waals surface area contributed by atoms with Gasteiger partial charge in [0.05, 0.1) is 0 Å². The highest BCUT2D eigenvalue weighted by molar-refractivity contribution is 4.72. The maximum atomic E-state index is 10.8. The Hall–Kier alpha value is -0.530. The van der Waals surface area contributed by atoms with Crippen molar-refractivity contribution in [2.45, 2.75) is 6.92 Å². The Labute approximate surface area is 29.7 Å². The average molecular weight is 76.1 g/mol. The number of allylic oxidation sites excluding steroid dienone is 1. The first-order valence-electron chi connectivity index (χ1n) is 1.28. The summed E-state index contributed by atoms with van der Waals surface area (Å²) in [6.07, 6.45) is 0.972. The van der Waals surface area contributed by atoms with Gasteiger partial charge in [-0.1, -0.05) is 0 Å². The van der Waals surface area contributed by atoms with Crippen LogP contribution >= 0.6 is 0 Å². The van der Waals surface area contributed by atoms with E-state index in [0.717, 1.165) is 6.08 Å². The van der Waals surface area contributed by atoms with E-state index in [4.69, 9.17) is 5.11 Å². The molecule has 5 heavy (non-hydrogen) atoms. The van der Waals surface area contributed by atoms with Gasteiger partial charge in [0.1, 0.15) is 0 Å². The van der Waals surface area contributed by atoms with Crippen LogP contribution in [0.3, 0.4) is 0 Å². The maximum Gasteiger partial charge on any atom is 0.265 e. The van der Waals surface area contributed by atoms with Crippen LogP contribution in [0.1, 0.15) is 6.92 Å². The van der Waals surface area contributed by atoms with E-state index in [9.17, 15) is 4.39 Å². The summed E-state index contributed by atoms with van der Waals surface area (Å²) in [6, 6.07) is -1.12. The van der Waals surface area contributed by atoms with Crippen molar-refractivity contribution in [3.63, 3.8) is 0 Å². The summed E-state index contributed by atoms with van der Waals surface area (Å²) < 4.78 is 10.8. The van der Waals surface area contributed by atoms with Crippen molar-refractivity contribution in [3.05, 3.63) is 12.1 Å². The Morgan fingerprint density at radius 2 is 2.20 bits per heavy atom. The number of halogens is 1. The van der Waals surface area contributed by atoms with Crippen LogP contribution in [-0.2, 0) is 0 Å². The van der Waals surface area contributed by atoms with Crippen molar-refractivity contribution in [1.82, 2.24) is 0 Å². The Kier molecular flexibility index (Phi) is 1.57. The molecule has 0 aliphatic rings. The summed E-state index contributed by atoms with van der Waals surface area (Å²) in [7, 11) is 0. The Morgan fingerprint density at radius 3 is 2.20 bits per heavy atom. The molecule has 0 aromatic heterocycles. The van der Waals surface area contributed by atoms with E-state index in [-0.39, 0.29) is 0 Å². The van der Waals surface area contributed by atoms with Gasteiger partial charge < -0.3 is 5.11 Å². The number of aliphatic hydroxyl groups is 1. The predicted molar refractivity (Wildman–Crippen MR) is 17.5 cm³/mol. The average Bonchev–Trinajstić information content (AvgIpc) is 1.38. The number of rotatable bonds is 0. The topological polar surface area (TPSA) is 20.2 Å². The van der Waals surface area contributed by atoms with Gasteiger partial charge in [0.2, 0.25) is 0 Å². The van der Waals surface area contributed by atoms with E-state index < -0.39 is 6.01 Å². The van der Waals surface area contributed by atoms with Gasteiger partial charge >= 0.3 is 0 Å². The molecule has 0 unspecified atom stereocenters. The third-order valence-electron chi connectivity index (χ3n) is 0.238. The molecule has 30 valence electrons. The van der Waals surface area contributed by atoms with Crippen molar-refractivity contribution in [3.8, 4) is 0 Å². The minimum atomic E-state index is -1.12. The van der Waals surface area contributed by atoms with Crippen LogP contribution in [0.4, 0.5) is 4.39 Å². The standard InChI is InChI=1S/C3H5FO/c1-2-3(4)5/h2,5H,1H3. The molecule has 0 heterocycles. The van der Waals surface area contributed by atoms with Gasteiger partial charge in [-0.2, -0.15) is 4.39 Å². The van der Waals surface area contributed by atoms with Crippen LogP contribution in [0.25, 0.3) is 0 Å². The second kappa shape index (κ2) is 1.76. The largest absolute Gasteiger partial charge is 0.487 e. The first-order chi connectivity index (χ1) is 2.27. The van der Waals surface area contributed by atoms with Crippen molar-refractivity contribution in [1.29, 1.82) is 0 Å². The molecular formula is C3H5FO. The van der Waals surface area contributed by atoms with Crippen LogP contribution in [0.15, 0.2) is 12.1 Å². The highest BCUT2D eigenvalue weighted by atomic mass is 19.1. The lowest BCUT2D eigenvalue weighted by Crippen LogP contribution is -1.57. The predicted octanol–water partition coefficient (Wildman–Crippen LogP) is 1.38. The summed E-state index contributed by atoms with van der Waals surface area (Å²) in [5, 5.41) is 7.56. The third kappa shape index (κ3) is 3.47. The third-order valence-corrected chi connectivity index (χ3v) is 0.238. The van der Waals surface area contributed by atoms with E-state index in [0.29, 0.717) is 0 Å². The molecule has 0 radical (unpaired) electrons. The normalized spacial score (nSPS) is 12.0. The number of hydrogen-bond acceptors (Lipinski definition) is 1. The van der Waals surface area contributed by atoms with Crippen LogP contribution in [0, 0.1) is 0 Å². The summed E-state index contributed by atoms with van der Waals surface area (Å²) in [4.78, 5) is 0. The monoisotopic (exact) mass is 76.0 g/mol. The molecule has 0 amide bonds. The van der Waals surface area contributed by atoms with Crippen LogP contribution in [0.2, 0.25) is 0 Å². The van der Waals surface area contributed by atoms with Crippen LogP contribution in [-0.4, -0.2) is 5.11 Å². The molecule has 0 aliphatic heterocycles. The molecule has 0 fully saturated rings. The Bertz CT molecular complexity index is 44.9. The van der Waals surface area contributed by atoms with Crippen LogP contribution in [0.5, 0.6) is 0 Å². The Morgan fingerprint density at radius 1 is 2.00 bits per heavy atom. The fraction of sp³-hybridized carbons (Fsp3) is 0.333. The zero-order valence-corrected chi connectivity index (χ0v) is 2.90. The minimum absolute atomic E-state index is 0.972. The molecule has 0 atom stereocenters. The van der Waals surface area contributed by atoms with Crippen molar-refractivity contribution >= 4 is 0 Å². The fourth-order valence-corrected chi connectivity index (χ4v) is 0. The maximum absolute atomic E-state index is 10.8. The number of aliphatic hydroxyl groups excluding tert-OH is 1. The van der Waals surface area contributed by atoms with E-state index in [1.807, 2.05) is 0 Å². The second-order valence-electron chi connectivity index (χ2n) is 0.611. The molecule has 0 saturated carbocycles. The van der Waals surface area contributed by atoms with E-state index >= 15 is 0 Å². The molecule has 0 aromatic rings. The lowest BCUT2D eigenvalue weighted by atomic mass is 10.7. The fourth-order valence-electron chi connectivity index (χ4n) is 0. The molecule has 0 aliphatic carbocycles. The quantitative estimate of drug-likeness (QED) is 0.432. The van der Waals surface area contributed by atoms with Gasteiger partial charge in [0.15, 0.2) is 0 Å². The van der Waals surface area contributed by atoms with Gasteiger partial charge in [-0.25, -0.2) is 0 Å². The lowest BCUT2D eigenvalue weighted by Gasteiger charge is -1.69. The van der Waals surface area contributed by atoms with Gasteiger partial charge in [-0.15, -0.1) is 0 Å². The molecule has 0 bridgehead atoms. The smallest absolute Gasteiger partial charge is 0.265 e. The summed E-state index contributed by atoms with van der Waals surface area (Å²) in [6.45, 7) is 1.41. The molecule has 0 rings (SSSR count). The van der Waals surface area contributed by atoms with Gasteiger partial charge in [0.25, 0.3) is 6.01 Å². The molecule has 0 aromatic carbocycles. The van der Waals surface area contributed by atoms with Crippen molar-refractivity contribution < 1.29 is 9.50 Å². The zero-order valence-electron chi connectivity index (χ0n) is 2.90. The van der Waals surface area contributed by atoms with Gasteiger partial charge in [0, 0.05) is 0 Å². The molecule has 1 nitrogen and oxygen atoms in total. The molecule has 0 spiro atoms. The van der Waals surface area contributed by atoms with Gasteiger partial charge in [-0.3, -0.25) is 0 Å². The van der Waals surface area contributed by atoms with E-state index in [1.54, 1.807) is 0 Å². The van der Waals surface area contributed by atoms with Crippen molar-refractivity contribution in [2.24, 2.45) is 0 Å².